The van der Waals surface area contributed by atoms with Crippen LogP contribution in [-0.2, 0) is 11.3 Å². The molecule has 3 N–H and O–H groups in total. The topological polar surface area (TPSA) is 108 Å². The Morgan fingerprint density at radius 3 is 2.96 bits per heavy atom. The van der Waals surface area contributed by atoms with E-state index in [4.69, 9.17) is 16.0 Å². The predicted molar refractivity (Wildman–Crippen MR) is 100 cm³/mol. The number of benzene rings is 1. The van der Waals surface area contributed by atoms with Gasteiger partial charge in [0.25, 0.3) is 0 Å². The number of aromatic nitrogens is 3. The van der Waals surface area contributed by atoms with Gasteiger partial charge < -0.3 is 9.73 Å². The fourth-order valence-electron chi connectivity index (χ4n) is 1.86. The van der Waals surface area contributed by atoms with E-state index in [-0.39, 0.29) is 11.7 Å². The van der Waals surface area contributed by atoms with Crippen molar-refractivity contribution in [2.24, 2.45) is 5.10 Å². The standard InChI is InChI=1S/C16H15ClN6O2S/c17-12-5-3-11(4-6-12)8-19-21-15-20-16(23-22-15)26-10-14(24)18-9-13-2-1-7-25-13/h1-8H,9-10H2,(H,18,24)(H2,20,21,22,23)/b19-8-. The first-order valence-electron chi connectivity index (χ1n) is 7.58. The number of furan rings is 1. The van der Waals surface area contributed by atoms with Gasteiger partial charge in [-0.15, -0.1) is 5.10 Å². The molecule has 0 saturated heterocycles. The Bertz CT molecular complexity index is 863. The summed E-state index contributed by atoms with van der Waals surface area (Å²) in [5, 5.41) is 14.6. The van der Waals surface area contributed by atoms with E-state index in [1.807, 2.05) is 12.1 Å². The first-order valence-corrected chi connectivity index (χ1v) is 8.94. The number of amides is 1. The quantitative estimate of drug-likeness (QED) is 0.310. The maximum Gasteiger partial charge on any atom is 0.240 e. The molecule has 0 radical (unpaired) electrons. The molecule has 0 unspecified atom stereocenters. The molecule has 0 bridgehead atoms. The fourth-order valence-corrected chi connectivity index (χ4v) is 2.61. The molecule has 0 fully saturated rings. The number of thioether (sulfide) groups is 1. The SMILES string of the molecule is O=C(CSc1n[nH]c(N/N=C\c2ccc(Cl)cc2)n1)NCc1ccco1. The summed E-state index contributed by atoms with van der Waals surface area (Å²) in [4.78, 5) is 16.0. The third-order valence-electron chi connectivity index (χ3n) is 3.09. The Morgan fingerprint density at radius 2 is 2.19 bits per heavy atom. The largest absolute Gasteiger partial charge is 0.467 e. The Morgan fingerprint density at radius 1 is 1.35 bits per heavy atom. The average molecular weight is 391 g/mol. The second-order valence-corrected chi connectivity index (χ2v) is 6.41. The minimum atomic E-state index is -0.133. The van der Waals surface area contributed by atoms with Crippen molar-refractivity contribution < 1.29 is 9.21 Å². The first-order chi connectivity index (χ1) is 12.7. The Balaban J connectivity index is 1.41. The van der Waals surface area contributed by atoms with Gasteiger partial charge >= 0.3 is 0 Å². The smallest absolute Gasteiger partial charge is 0.240 e. The first kappa shape index (κ1) is 18.0. The number of H-pyrrole nitrogens is 1. The molecule has 8 nitrogen and oxygen atoms in total. The van der Waals surface area contributed by atoms with E-state index in [2.05, 4.69) is 31.0 Å². The molecule has 1 aromatic carbocycles. The molecule has 0 aliphatic rings. The molecule has 1 amide bonds. The summed E-state index contributed by atoms with van der Waals surface area (Å²) in [6.07, 6.45) is 3.20. The van der Waals surface area contributed by atoms with Crippen molar-refractivity contribution in [3.63, 3.8) is 0 Å². The highest BCUT2D eigenvalue weighted by molar-refractivity contribution is 7.99. The molecule has 3 aromatic rings. The highest BCUT2D eigenvalue weighted by Crippen LogP contribution is 2.14. The minimum absolute atomic E-state index is 0.133. The van der Waals surface area contributed by atoms with Gasteiger partial charge in [0.1, 0.15) is 5.76 Å². The van der Waals surface area contributed by atoms with E-state index >= 15 is 0 Å². The van der Waals surface area contributed by atoms with E-state index in [0.29, 0.717) is 28.4 Å². The third kappa shape index (κ3) is 5.64. The van der Waals surface area contributed by atoms with E-state index < -0.39 is 0 Å². The van der Waals surface area contributed by atoms with Gasteiger partial charge in [-0.1, -0.05) is 35.5 Å². The number of halogens is 1. The monoisotopic (exact) mass is 390 g/mol. The van der Waals surface area contributed by atoms with Crippen LogP contribution in [0.2, 0.25) is 5.02 Å². The van der Waals surface area contributed by atoms with Crippen LogP contribution in [0.1, 0.15) is 11.3 Å². The number of hydrogen-bond donors (Lipinski definition) is 3. The van der Waals surface area contributed by atoms with Gasteiger partial charge in [0.2, 0.25) is 17.0 Å². The molecular weight excluding hydrogens is 376 g/mol. The Labute approximate surface area is 158 Å². The molecule has 0 saturated carbocycles. The summed E-state index contributed by atoms with van der Waals surface area (Å²) in [7, 11) is 0. The van der Waals surface area contributed by atoms with Gasteiger partial charge in [0, 0.05) is 5.02 Å². The van der Waals surface area contributed by atoms with Crippen LogP contribution in [-0.4, -0.2) is 33.1 Å². The average Bonchev–Trinajstić information content (AvgIpc) is 3.32. The number of carbonyl (C=O) groups is 1. The predicted octanol–water partition coefficient (Wildman–Crippen LogP) is 2.91. The maximum absolute atomic E-state index is 11.8. The molecule has 26 heavy (non-hydrogen) atoms. The van der Waals surface area contributed by atoms with Crippen LogP contribution >= 0.6 is 23.4 Å². The summed E-state index contributed by atoms with van der Waals surface area (Å²) >= 11 is 7.04. The lowest BCUT2D eigenvalue weighted by Crippen LogP contribution is -2.24. The van der Waals surface area contributed by atoms with Gasteiger partial charge in [0.15, 0.2) is 0 Å². The molecule has 10 heteroatoms. The molecule has 0 atom stereocenters. The van der Waals surface area contributed by atoms with Crippen molar-refractivity contribution >= 4 is 41.4 Å². The summed E-state index contributed by atoms with van der Waals surface area (Å²) < 4.78 is 5.15. The minimum Gasteiger partial charge on any atom is -0.467 e. The number of rotatable bonds is 8. The number of anilines is 1. The second-order valence-electron chi connectivity index (χ2n) is 5.03. The number of carbonyl (C=O) groups excluding carboxylic acids is 1. The van der Waals surface area contributed by atoms with Crippen molar-refractivity contribution in [1.82, 2.24) is 20.5 Å². The van der Waals surface area contributed by atoms with E-state index in [1.165, 1.54) is 11.8 Å². The van der Waals surface area contributed by atoms with E-state index in [1.54, 1.807) is 36.7 Å². The number of nitrogens with one attached hydrogen (secondary N) is 3. The highest BCUT2D eigenvalue weighted by Gasteiger charge is 2.08. The van der Waals surface area contributed by atoms with Gasteiger partial charge in [0.05, 0.1) is 24.8 Å². The zero-order valence-corrected chi connectivity index (χ0v) is 15.0. The maximum atomic E-state index is 11.8. The number of nitrogens with zero attached hydrogens (tertiary/aromatic N) is 3. The second kappa shape index (κ2) is 9.07. The van der Waals surface area contributed by atoms with Crippen LogP contribution in [0.4, 0.5) is 5.95 Å². The number of hydrazone groups is 1. The lowest BCUT2D eigenvalue weighted by atomic mass is 10.2. The lowest BCUT2D eigenvalue weighted by molar-refractivity contribution is -0.118. The van der Waals surface area contributed by atoms with Gasteiger partial charge in [-0.05, 0) is 29.8 Å². The van der Waals surface area contributed by atoms with Crippen LogP contribution in [0.25, 0.3) is 0 Å². The van der Waals surface area contributed by atoms with Crippen LogP contribution in [0.5, 0.6) is 0 Å². The van der Waals surface area contributed by atoms with Crippen molar-refractivity contribution in [1.29, 1.82) is 0 Å². The molecule has 134 valence electrons. The van der Waals surface area contributed by atoms with E-state index in [9.17, 15) is 4.79 Å². The molecular formula is C16H15ClN6O2S. The van der Waals surface area contributed by atoms with Crippen molar-refractivity contribution in [3.8, 4) is 0 Å². The molecule has 0 spiro atoms. The fraction of sp³-hybridized carbons (Fsp3) is 0.125. The van der Waals surface area contributed by atoms with Gasteiger partial charge in [-0.3, -0.25) is 4.79 Å². The summed E-state index contributed by atoms with van der Waals surface area (Å²) in [6.45, 7) is 0.354. The van der Waals surface area contributed by atoms with Crippen LogP contribution in [0.15, 0.2) is 57.3 Å². The van der Waals surface area contributed by atoms with E-state index in [0.717, 1.165) is 5.56 Å². The summed E-state index contributed by atoms with van der Waals surface area (Å²) in [5.41, 5.74) is 3.63. The Kier molecular flexibility index (Phi) is 6.29. The molecule has 3 rings (SSSR count). The molecule has 0 aliphatic carbocycles. The van der Waals surface area contributed by atoms with Crippen molar-refractivity contribution in [2.75, 3.05) is 11.2 Å². The third-order valence-corrected chi connectivity index (χ3v) is 4.19. The molecule has 2 heterocycles. The van der Waals surface area contributed by atoms with Crippen LogP contribution in [0.3, 0.4) is 0 Å². The van der Waals surface area contributed by atoms with Crippen molar-refractivity contribution in [3.05, 3.63) is 59.0 Å². The number of aromatic amines is 1. The highest BCUT2D eigenvalue weighted by atomic mass is 35.5. The van der Waals surface area contributed by atoms with Crippen molar-refractivity contribution in [2.45, 2.75) is 11.7 Å². The Hall–Kier alpha value is -2.78. The number of hydrogen-bond acceptors (Lipinski definition) is 7. The van der Waals surface area contributed by atoms with Gasteiger partial charge in [-0.2, -0.15) is 10.1 Å². The summed E-state index contributed by atoms with van der Waals surface area (Å²) in [6, 6.07) is 10.8. The van der Waals surface area contributed by atoms with Crippen LogP contribution < -0.4 is 10.7 Å². The van der Waals surface area contributed by atoms with Gasteiger partial charge in [-0.25, -0.2) is 10.5 Å². The molecule has 0 aliphatic heterocycles. The summed E-state index contributed by atoms with van der Waals surface area (Å²) in [5.74, 6) is 1.15. The lowest BCUT2D eigenvalue weighted by Gasteiger charge is -2.01. The van der Waals surface area contributed by atoms with Crippen LogP contribution in [0, 0.1) is 0 Å². The zero-order chi connectivity index (χ0) is 18.2. The molecule has 2 aromatic heterocycles. The normalized spacial score (nSPS) is 11.0. The zero-order valence-electron chi connectivity index (χ0n) is 13.5.